The molecule has 3 N–H and O–H groups in total. The fourth-order valence-electron chi connectivity index (χ4n) is 4.43. The van der Waals surface area contributed by atoms with Gasteiger partial charge in [-0.15, -0.1) is 0 Å². The molecule has 0 aliphatic rings. The second kappa shape index (κ2) is 35.3. The Labute approximate surface area is 307 Å². The van der Waals surface area contributed by atoms with Crippen molar-refractivity contribution in [3.8, 4) is 0 Å². The molecule has 9 nitrogen and oxygen atoms in total. The minimum atomic E-state index is -4.79. The Balaban J connectivity index is 4.20. The van der Waals surface area contributed by atoms with Crippen molar-refractivity contribution in [1.82, 2.24) is 0 Å². The first-order valence-electron chi connectivity index (χ1n) is 18.6. The lowest BCUT2D eigenvalue weighted by Crippen LogP contribution is -2.29. The Morgan fingerprint density at radius 1 is 0.608 bits per heavy atom. The Morgan fingerprint density at radius 3 is 1.59 bits per heavy atom. The Hall–Kier alpha value is -3.07. The van der Waals surface area contributed by atoms with Crippen molar-refractivity contribution in [1.29, 1.82) is 0 Å². The molecule has 288 valence electrons. The molecule has 0 bridgehead atoms. The highest BCUT2D eigenvalue weighted by Gasteiger charge is 2.22. The van der Waals surface area contributed by atoms with Gasteiger partial charge >= 0.3 is 19.8 Å². The Kier molecular flexibility index (Phi) is 33.2. The van der Waals surface area contributed by atoms with Gasteiger partial charge in [0.05, 0.1) is 12.7 Å². The predicted octanol–water partition coefficient (Wildman–Crippen LogP) is 10.0. The Morgan fingerprint density at radius 2 is 1.08 bits per heavy atom. The summed E-state index contributed by atoms with van der Waals surface area (Å²) in [7, 11) is -4.79. The summed E-state index contributed by atoms with van der Waals surface area (Å²) in [5.74, 6) is -1.03. The molecule has 0 heterocycles. The minimum absolute atomic E-state index is 0.106. The normalized spacial score (nSPS) is 14.2. The van der Waals surface area contributed by atoms with E-state index in [9.17, 15) is 19.3 Å². The molecule has 0 spiro atoms. The number of aliphatic hydroxyl groups excluding tert-OH is 1. The standard InChI is InChI=1S/C41H65O9P/c1-3-5-6-7-8-9-10-11-12-15-18-21-24-27-30-34-40(43)48-36-39(37-49-51(45,46)47)50-41(44)35-31-28-25-22-19-16-13-14-17-20-23-26-29-33-38(42)32-4-2/h5-6,8-9,11-13,16-18,20-22,25-26,29,38-39,42H,3-4,7,10,14-15,19,23-24,27-28,30-37H2,1-2H3,(H2,45,46,47)/b6-5-,9-8-,12-11-,16-13-,20-17-,21-18-,25-22-,29-26-/t38?,39-/m1/s1. The van der Waals surface area contributed by atoms with Crippen molar-refractivity contribution >= 4 is 19.8 Å². The summed E-state index contributed by atoms with van der Waals surface area (Å²) in [6.07, 6.45) is 44.8. The second-order valence-electron chi connectivity index (χ2n) is 12.0. The maximum atomic E-state index is 12.3. The van der Waals surface area contributed by atoms with Gasteiger partial charge in [-0.3, -0.25) is 14.1 Å². The summed E-state index contributed by atoms with van der Waals surface area (Å²) in [4.78, 5) is 42.7. The third kappa shape index (κ3) is 38.0. The Bertz CT molecular complexity index is 1160. The number of rotatable bonds is 32. The van der Waals surface area contributed by atoms with Gasteiger partial charge < -0.3 is 24.4 Å². The molecule has 1 unspecified atom stereocenters. The van der Waals surface area contributed by atoms with Crippen molar-refractivity contribution in [2.24, 2.45) is 0 Å². The highest BCUT2D eigenvalue weighted by Crippen LogP contribution is 2.35. The van der Waals surface area contributed by atoms with E-state index >= 15 is 0 Å². The van der Waals surface area contributed by atoms with Crippen molar-refractivity contribution in [3.63, 3.8) is 0 Å². The van der Waals surface area contributed by atoms with Crippen LogP contribution in [0.25, 0.3) is 0 Å². The first-order valence-corrected chi connectivity index (χ1v) is 20.1. The average Bonchev–Trinajstić information content (AvgIpc) is 3.09. The quantitative estimate of drug-likeness (QED) is 0.0267. The van der Waals surface area contributed by atoms with Crippen LogP contribution in [0.2, 0.25) is 0 Å². The molecule has 0 radical (unpaired) electrons. The monoisotopic (exact) mass is 732 g/mol. The van der Waals surface area contributed by atoms with E-state index in [2.05, 4.69) is 97.4 Å². The zero-order valence-electron chi connectivity index (χ0n) is 31.1. The average molecular weight is 733 g/mol. The maximum absolute atomic E-state index is 12.3. The lowest BCUT2D eigenvalue weighted by Gasteiger charge is -2.18. The van der Waals surface area contributed by atoms with Crippen molar-refractivity contribution in [2.75, 3.05) is 13.2 Å². The van der Waals surface area contributed by atoms with Crippen molar-refractivity contribution in [3.05, 3.63) is 97.2 Å². The van der Waals surface area contributed by atoms with E-state index in [4.69, 9.17) is 19.3 Å². The van der Waals surface area contributed by atoms with E-state index in [1.165, 1.54) is 0 Å². The van der Waals surface area contributed by atoms with Crippen LogP contribution in [0.3, 0.4) is 0 Å². The molecule has 2 atom stereocenters. The number of carbonyl (C=O) groups excluding carboxylic acids is 2. The van der Waals surface area contributed by atoms with Gasteiger partial charge in [0, 0.05) is 12.8 Å². The van der Waals surface area contributed by atoms with Crippen LogP contribution >= 0.6 is 7.82 Å². The summed E-state index contributed by atoms with van der Waals surface area (Å²) in [6.45, 7) is 3.26. The minimum Gasteiger partial charge on any atom is -0.462 e. The molecule has 0 aliphatic carbocycles. The van der Waals surface area contributed by atoms with Gasteiger partial charge in [0.15, 0.2) is 6.10 Å². The molecule has 0 saturated carbocycles. The molecule has 0 amide bonds. The number of hydrogen-bond donors (Lipinski definition) is 3. The molecule has 10 heteroatoms. The molecule has 0 aromatic heterocycles. The maximum Gasteiger partial charge on any atom is 0.469 e. The smallest absolute Gasteiger partial charge is 0.462 e. The number of phosphoric ester groups is 1. The van der Waals surface area contributed by atoms with Gasteiger partial charge in [0.25, 0.3) is 0 Å². The van der Waals surface area contributed by atoms with Crippen LogP contribution in [0.15, 0.2) is 97.2 Å². The van der Waals surface area contributed by atoms with E-state index in [1.54, 1.807) is 0 Å². The van der Waals surface area contributed by atoms with E-state index in [0.29, 0.717) is 25.7 Å². The topological polar surface area (TPSA) is 140 Å². The number of allylic oxidation sites excluding steroid dienone is 15. The summed E-state index contributed by atoms with van der Waals surface area (Å²) in [5.41, 5.74) is 0. The number of esters is 2. The number of unbranched alkanes of at least 4 members (excludes halogenated alkanes) is 3. The van der Waals surface area contributed by atoms with Crippen LogP contribution in [0, 0.1) is 0 Å². The zero-order valence-corrected chi connectivity index (χ0v) is 32.0. The molecule has 0 rings (SSSR count). The van der Waals surface area contributed by atoms with E-state index in [-0.39, 0.29) is 25.6 Å². The first-order chi connectivity index (χ1) is 24.7. The van der Waals surface area contributed by atoms with Crippen LogP contribution in [-0.4, -0.2) is 52.3 Å². The van der Waals surface area contributed by atoms with Gasteiger partial charge in [0.1, 0.15) is 6.61 Å². The van der Waals surface area contributed by atoms with Crippen molar-refractivity contribution < 1.29 is 43.0 Å². The summed E-state index contributed by atoms with van der Waals surface area (Å²) >= 11 is 0. The molecule has 51 heavy (non-hydrogen) atoms. The summed E-state index contributed by atoms with van der Waals surface area (Å²) < 4.78 is 26.2. The predicted molar refractivity (Wildman–Crippen MR) is 208 cm³/mol. The highest BCUT2D eigenvalue weighted by molar-refractivity contribution is 7.46. The lowest BCUT2D eigenvalue weighted by molar-refractivity contribution is -0.161. The fraction of sp³-hybridized carbons (Fsp3) is 0.561. The lowest BCUT2D eigenvalue weighted by atomic mass is 10.1. The van der Waals surface area contributed by atoms with Crippen LogP contribution in [-0.2, 0) is 28.2 Å². The van der Waals surface area contributed by atoms with Gasteiger partial charge in [-0.25, -0.2) is 4.57 Å². The SMILES string of the molecule is CC/C=C\C/C=C\C/C=C\C/C=C\CCCCC(=O)OC[C@H](COP(=O)(O)O)OC(=O)CCC/C=C\C/C=C\C/C=C\C/C=C\CC(O)CCC. The molecule has 0 aliphatic heterocycles. The molecule has 0 aromatic carbocycles. The molecule has 0 fully saturated rings. The largest absolute Gasteiger partial charge is 0.469 e. The van der Waals surface area contributed by atoms with Crippen LogP contribution in [0.1, 0.15) is 123 Å². The zero-order chi connectivity index (χ0) is 37.7. The molecular weight excluding hydrogens is 667 g/mol. The highest BCUT2D eigenvalue weighted by atomic mass is 31.2. The van der Waals surface area contributed by atoms with E-state index in [1.807, 2.05) is 18.2 Å². The van der Waals surface area contributed by atoms with Gasteiger partial charge in [-0.1, -0.05) is 117 Å². The molecule has 0 aromatic rings. The number of carbonyl (C=O) groups is 2. The first kappa shape index (κ1) is 47.9. The third-order valence-electron chi connectivity index (χ3n) is 7.14. The van der Waals surface area contributed by atoms with Crippen molar-refractivity contribution in [2.45, 2.75) is 135 Å². The molecular formula is C41H65O9P. The van der Waals surface area contributed by atoms with Crippen LogP contribution < -0.4 is 0 Å². The van der Waals surface area contributed by atoms with E-state index in [0.717, 1.165) is 70.6 Å². The summed E-state index contributed by atoms with van der Waals surface area (Å²) in [6, 6.07) is 0. The number of ether oxygens (including phenoxy) is 2. The number of hydrogen-bond acceptors (Lipinski definition) is 7. The van der Waals surface area contributed by atoms with Gasteiger partial charge in [-0.2, -0.15) is 0 Å². The number of aliphatic hydroxyl groups is 1. The van der Waals surface area contributed by atoms with Crippen LogP contribution in [0.4, 0.5) is 0 Å². The van der Waals surface area contributed by atoms with Crippen LogP contribution in [0.5, 0.6) is 0 Å². The van der Waals surface area contributed by atoms with Gasteiger partial charge in [-0.05, 0) is 89.9 Å². The molecule has 0 saturated heterocycles. The second-order valence-corrected chi connectivity index (χ2v) is 13.2. The third-order valence-corrected chi connectivity index (χ3v) is 7.63. The van der Waals surface area contributed by atoms with E-state index < -0.39 is 32.5 Å². The summed E-state index contributed by atoms with van der Waals surface area (Å²) in [5, 5.41) is 9.69. The number of phosphoric acid groups is 1. The fourth-order valence-corrected chi connectivity index (χ4v) is 4.79. The van der Waals surface area contributed by atoms with Gasteiger partial charge in [0.2, 0.25) is 0 Å².